The van der Waals surface area contributed by atoms with Crippen LogP contribution < -0.4 is 0 Å². The topological polar surface area (TPSA) is 0 Å². The summed E-state index contributed by atoms with van der Waals surface area (Å²) in [5.41, 5.74) is 0.917. The molecule has 0 bridgehead atoms. The zero-order valence-electron chi connectivity index (χ0n) is 4.21. The normalized spacial score (nSPS) is 6.29. The van der Waals surface area contributed by atoms with Crippen LogP contribution in [0.25, 0.3) is 0 Å². The standard InChI is InChI=1S/C4H7.2BrH.Mn/c1-4(2)3;;;/h1H,2-3H3;2*1H;/q;;;+2/p-2. The monoisotopic (exact) mass is 268 g/mol. The number of hydrogen-bond donors (Lipinski definition) is 0. The van der Waals surface area contributed by atoms with Crippen molar-refractivity contribution in [3.05, 3.63) is 12.2 Å². The second-order valence-electron chi connectivity index (χ2n) is 1.13. The van der Waals surface area contributed by atoms with Gasteiger partial charge in [-0.1, -0.05) is 12.2 Å². The fourth-order valence-electron chi connectivity index (χ4n) is 0. The van der Waals surface area contributed by atoms with Crippen LogP contribution in [0.3, 0.4) is 0 Å². The molecular formula is C4H7Br2Mn. The Kier molecular flexibility index (Phi) is 16.2. The fourth-order valence-corrected chi connectivity index (χ4v) is 0. The molecule has 1 radical (unpaired) electrons. The van der Waals surface area contributed by atoms with Gasteiger partial charge < -0.3 is 0 Å². The van der Waals surface area contributed by atoms with Crippen molar-refractivity contribution in [2.45, 2.75) is 13.8 Å². The maximum atomic E-state index is 5.03. The van der Waals surface area contributed by atoms with Crippen molar-refractivity contribution in [3.63, 3.8) is 0 Å². The Labute approximate surface area is 65.3 Å². The van der Waals surface area contributed by atoms with Crippen molar-refractivity contribution in [2.75, 3.05) is 0 Å². The molecule has 44 valence electrons. The van der Waals surface area contributed by atoms with E-state index in [1.54, 1.807) is 0 Å². The Morgan fingerprint density at radius 2 is 1.43 bits per heavy atom. The van der Waals surface area contributed by atoms with E-state index in [0.29, 0.717) is 11.3 Å². The van der Waals surface area contributed by atoms with Gasteiger partial charge in [0.25, 0.3) is 0 Å². The Bertz CT molecular complexity index is 41.0. The first-order valence-corrected chi connectivity index (χ1v) is 7.41. The third-order valence-corrected chi connectivity index (χ3v) is 0. The maximum absolute atomic E-state index is 5.03. The van der Waals surface area contributed by atoms with E-state index >= 15 is 0 Å². The van der Waals surface area contributed by atoms with Crippen LogP contribution in [0.2, 0.25) is 0 Å². The third kappa shape index (κ3) is 132. The molecule has 0 aliphatic rings. The smallest absolute Gasteiger partial charge is 0.0439 e. The third-order valence-electron chi connectivity index (χ3n) is 0. The van der Waals surface area contributed by atoms with Crippen LogP contribution in [0.1, 0.15) is 13.8 Å². The van der Waals surface area contributed by atoms with Crippen LogP contribution >= 0.6 is 28.2 Å². The Morgan fingerprint density at radius 1 is 1.43 bits per heavy atom. The van der Waals surface area contributed by atoms with Gasteiger partial charge >= 0.3 is 39.6 Å². The van der Waals surface area contributed by atoms with Crippen LogP contribution in [0, 0.1) is 6.58 Å². The van der Waals surface area contributed by atoms with Gasteiger partial charge in [0.05, 0.1) is 0 Å². The van der Waals surface area contributed by atoms with Gasteiger partial charge in [0.1, 0.15) is 0 Å². The van der Waals surface area contributed by atoms with E-state index in [1.165, 1.54) is 0 Å². The average molecular weight is 270 g/mol. The summed E-state index contributed by atoms with van der Waals surface area (Å²) in [6.07, 6.45) is 0. The summed E-state index contributed by atoms with van der Waals surface area (Å²) in [6.45, 7) is 8.75. The molecule has 0 amide bonds. The molecule has 0 saturated heterocycles. The predicted molar refractivity (Wildman–Crippen MR) is 37.0 cm³/mol. The van der Waals surface area contributed by atoms with Gasteiger partial charge in [-0.15, -0.1) is 0 Å². The molecule has 0 aromatic rings. The van der Waals surface area contributed by atoms with Crippen molar-refractivity contribution < 1.29 is 11.3 Å². The van der Waals surface area contributed by atoms with Crippen molar-refractivity contribution >= 4 is 28.2 Å². The fraction of sp³-hybridized carbons (Fsp3) is 0.500. The maximum Gasteiger partial charge on any atom is -0.0439 e. The molecule has 0 heterocycles. The minimum absolute atomic E-state index is 0.688. The molecule has 0 aromatic carbocycles. The summed E-state index contributed by atoms with van der Waals surface area (Å²) in [5.74, 6) is 0. The zero-order chi connectivity index (χ0) is 6.28. The molecule has 0 aliphatic heterocycles. The van der Waals surface area contributed by atoms with Crippen molar-refractivity contribution in [2.24, 2.45) is 0 Å². The molecule has 3 heteroatoms. The first kappa shape index (κ1) is 11.1. The van der Waals surface area contributed by atoms with Gasteiger partial charge in [0.15, 0.2) is 0 Å². The van der Waals surface area contributed by atoms with Gasteiger partial charge in [-0.2, -0.15) is 0 Å². The van der Waals surface area contributed by atoms with E-state index < -0.39 is 0 Å². The summed E-state index contributed by atoms with van der Waals surface area (Å²) >= 11 is 6.88. The largest absolute Gasteiger partial charge is 0.0764 e. The Hall–Kier alpha value is 1.22. The summed E-state index contributed by atoms with van der Waals surface area (Å²) < 4.78 is 0. The molecule has 0 spiro atoms. The number of allylic oxidation sites excluding steroid dienone is 1. The van der Waals surface area contributed by atoms with Gasteiger partial charge in [-0.05, 0) is 13.8 Å². The second-order valence-corrected chi connectivity index (χ2v) is 7.09. The molecule has 0 aliphatic carbocycles. The first-order valence-electron chi connectivity index (χ1n) is 1.57. The Morgan fingerprint density at radius 3 is 1.43 bits per heavy atom. The van der Waals surface area contributed by atoms with Gasteiger partial charge in [-0.25, -0.2) is 0 Å². The van der Waals surface area contributed by atoms with Crippen LogP contribution in [-0.2, 0) is 11.3 Å². The zero-order valence-corrected chi connectivity index (χ0v) is 8.56. The second kappa shape index (κ2) is 10.3. The van der Waals surface area contributed by atoms with Crippen LogP contribution in [0.15, 0.2) is 5.57 Å². The number of rotatable bonds is 0. The molecule has 0 nitrogen and oxygen atoms in total. The van der Waals surface area contributed by atoms with Crippen LogP contribution in [0.5, 0.6) is 0 Å². The SMILES string of the molecule is [Br][Mn][Br].[CH]=C(C)C. The van der Waals surface area contributed by atoms with Crippen molar-refractivity contribution in [1.82, 2.24) is 0 Å². The van der Waals surface area contributed by atoms with Gasteiger partial charge in [0.2, 0.25) is 0 Å². The summed E-state index contributed by atoms with van der Waals surface area (Å²) in [5, 5.41) is 0. The van der Waals surface area contributed by atoms with E-state index in [9.17, 15) is 0 Å². The molecule has 0 fully saturated rings. The molecule has 0 saturated carbocycles. The first-order chi connectivity index (χ1) is 3.15. The molecule has 0 atom stereocenters. The minimum Gasteiger partial charge on any atom is -0.0764 e. The summed E-state index contributed by atoms with van der Waals surface area (Å²) in [4.78, 5) is 0. The predicted octanol–water partition coefficient (Wildman–Crippen LogP) is 3.07. The van der Waals surface area contributed by atoms with Gasteiger partial charge in [0, 0.05) is 0 Å². The van der Waals surface area contributed by atoms with E-state index in [4.69, 9.17) is 6.58 Å². The molecule has 0 unspecified atom stereocenters. The molecule has 7 heavy (non-hydrogen) atoms. The van der Waals surface area contributed by atoms with E-state index in [0.717, 1.165) is 5.57 Å². The van der Waals surface area contributed by atoms with E-state index in [2.05, 4.69) is 28.2 Å². The summed E-state index contributed by atoms with van der Waals surface area (Å²) in [6, 6.07) is 0. The summed E-state index contributed by atoms with van der Waals surface area (Å²) in [7, 11) is 0. The molecule has 0 N–H and O–H groups in total. The quantitative estimate of drug-likeness (QED) is 0.593. The van der Waals surface area contributed by atoms with Crippen molar-refractivity contribution in [1.29, 1.82) is 0 Å². The molecule has 0 aromatic heterocycles. The van der Waals surface area contributed by atoms with E-state index in [1.807, 2.05) is 13.8 Å². The van der Waals surface area contributed by atoms with Crippen LogP contribution in [0.4, 0.5) is 0 Å². The molecular weight excluding hydrogens is 263 g/mol. The number of halogens is 2. The minimum atomic E-state index is 0.688. The molecule has 0 rings (SSSR count). The van der Waals surface area contributed by atoms with E-state index in [-0.39, 0.29) is 0 Å². The Balaban J connectivity index is 0. The number of hydrogen-bond acceptors (Lipinski definition) is 0. The van der Waals surface area contributed by atoms with Gasteiger partial charge in [-0.3, -0.25) is 0 Å². The van der Waals surface area contributed by atoms with Crippen molar-refractivity contribution in [3.8, 4) is 0 Å². The van der Waals surface area contributed by atoms with Crippen LogP contribution in [-0.4, -0.2) is 0 Å². The average Bonchev–Trinajstić information content (AvgIpc) is 1.33.